The van der Waals surface area contributed by atoms with Gasteiger partial charge in [0.1, 0.15) is 0 Å². The van der Waals surface area contributed by atoms with Crippen LogP contribution in [0.1, 0.15) is 6.92 Å². The van der Waals surface area contributed by atoms with Gasteiger partial charge < -0.3 is 5.11 Å². The van der Waals surface area contributed by atoms with Crippen molar-refractivity contribution < 1.29 is 5.11 Å². The average Bonchev–Trinajstić information content (AvgIpc) is 1.93. The van der Waals surface area contributed by atoms with Crippen molar-refractivity contribution in [2.45, 2.75) is 13.2 Å². The Hall–Kier alpha value is -0.890. The van der Waals surface area contributed by atoms with Crippen LogP contribution in [0.4, 0.5) is 0 Å². The van der Waals surface area contributed by atoms with E-state index in [4.69, 9.17) is 5.11 Å². The summed E-state index contributed by atoms with van der Waals surface area (Å²) in [5.74, 6) is 0. The Labute approximate surface area is 54.2 Å². The molecule has 0 spiro atoms. The number of rotatable bonds is 0. The molecule has 0 aromatic carbocycles. The van der Waals surface area contributed by atoms with Crippen molar-refractivity contribution in [3.05, 3.63) is 24.3 Å². The second kappa shape index (κ2) is 2.60. The monoisotopic (exact) mass is 123 g/mol. The second-order valence-electron chi connectivity index (χ2n) is 1.93. The van der Waals surface area contributed by atoms with Gasteiger partial charge in [0.25, 0.3) is 0 Å². The van der Waals surface area contributed by atoms with Crippen LogP contribution in [0.2, 0.25) is 0 Å². The molecule has 0 saturated carbocycles. The van der Waals surface area contributed by atoms with Crippen LogP contribution in [0.5, 0.6) is 0 Å². The first kappa shape index (κ1) is 6.23. The summed E-state index contributed by atoms with van der Waals surface area (Å²) in [6.07, 6.45) is 6.47. The number of aliphatic hydroxyl groups excluding tert-OH is 1. The third-order valence-corrected chi connectivity index (χ3v) is 1.07. The number of hydrogen-bond donors (Lipinski definition) is 1. The van der Waals surface area contributed by atoms with Crippen LogP contribution in [0, 0.1) is 0 Å². The molecular formula is C7H9NO. The summed E-state index contributed by atoms with van der Waals surface area (Å²) >= 11 is 0. The van der Waals surface area contributed by atoms with Crippen molar-refractivity contribution in [1.82, 2.24) is 0 Å². The summed E-state index contributed by atoms with van der Waals surface area (Å²) in [5.41, 5.74) is 0.854. The predicted octanol–water partition coefficient (Wildman–Crippen LogP) is 0.892. The van der Waals surface area contributed by atoms with Crippen molar-refractivity contribution >= 4 is 5.71 Å². The lowest BCUT2D eigenvalue weighted by Crippen LogP contribution is -1.98. The zero-order valence-electron chi connectivity index (χ0n) is 5.28. The SMILES string of the molecule is CC1=NC(O)C=CC=C1. The Kier molecular flexibility index (Phi) is 1.80. The maximum absolute atomic E-state index is 8.95. The van der Waals surface area contributed by atoms with Crippen LogP contribution < -0.4 is 0 Å². The van der Waals surface area contributed by atoms with E-state index in [-0.39, 0.29) is 0 Å². The molecule has 1 rings (SSSR count). The van der Waals surface area contributed by atoms with Crippen molar-refractivity contribution in [3.63, 3.8) is 0 Å². The third-order valence-electron chi connectivity index (χ3n) is 1.07. The van der Waals surface area contributed by atoms with Gasteiger partial charge in [-0.15, -0.1) is 0 Å². The van der Waals surface area contributed by atoms with Crippen LogP contribution in [0.3, 0.4) is 0 Å². The number of aliphatic imine (C=N–C) groups is 1. The molecule has 0 bridgehead atoms. The lowest BCUT2D eigenvalue weighted by atomic mass is 10.4. The fourth-order valence-corrected chi connectivity index (χ4v) is 0.653. The molecule has 1 aliphatic rings. The van der Waals surface area contributed by atoms with Gasteiger partial charge >= 0.3 is 0 Å². The maximum Gasteiger partial charge on any atom is 0.164 e. The topological polar surface area (TPSA) is 32.6 Å². The highest BCUT2D eigenvalue weighted by Crippen LogP contribution is 1.96. The van der Waals surface area contributed by atoms with Gasteiger partial charge in [0, 0.05) is 5.71 Å². The van der Waals surface area contributed by atoms with Crippen molar-refractivity contribution in [1.29, 1.82) is 0 Å². The molecular weight excluding hydrogens is 114 g/mol. The average molecular weight is 123 g/mol. The molecule has 0 amide bonds. The summed E-state index contributed by atoms with van der Waals surface area (Å²) in [5, 5.41) is 8.95. The minimum absolute atomic E-state index is 0.653. The largest absolute Gasteiger partial charge is 0.368 e. The number of aliphatic hydroxyl groups is 1. The van der Waals surface area contributed by atoms with Gasteiger partial charge in [0.2, 0.25) is 0 Å². The van der Waals surface area contributed by atoms with E-state index in [1.807, 2.05) is 19.1 Å². The molecule has 1 aliphatic heterocycles. The van der Waals surface area contributed by atoms with E-state index in [0.29, 0.717) is 0 Å². The van der Waals surface area contributed by atoms with E-state index < -0.39 is 6.23 Å². The van der Waals surface area contributed by atoms with Crippen LogP contribution >= 0.6 is 0 Å². The lowest BCUT2D eigenvalue weighted by Gasteiger charge is -1.94. The fraction of sp³-hybridized carbons (Fsp3) is 0.286. The Balaban J connectivity index is 2.77. The van der Waals surface area contributed by atoms with Gasteiger partial charge in [-0.2, -0.15) is 0 Å². The minimum Gasteiger partial charge on any atom is -0.368 e. The van der Waals surface area contributed by atoms with E-state index in [1.54, 1.807) is 12.2 Å². The Morgan fingerprint density at radius 1 is 1.56 bits per heavy atom. The molecule has 0 aromatic rings. The Bertz CT molecular complexity index is 179. The van der Waals surface area contributed by atoms with Gasteiger partial charge in [-0.05, 0) is 19.1 Å². The van der Waals surface area contributed by atoms with E-state index >= 15 is 0 Å². The van der Waals surface area contributed by atoms with E-state index in [9.17, 15) is 0 Å². The van der Waals surface area contributed by atoms with E-state index in [1.165, 1.54) is 0 Å². The number of nitrogens with zero attached hydrogens (tertiary/aromatic N) is 1. The number of hydrogen-bond acceptors (Lipinski definition) is 2. The Morgan fingerprint density at radius 2 is 2.33 bits per heavy atom. The highest BCUT2D eigenvalue weighted by Gasteiger charge is 1.94. The molecule has 1 heterocycles. The molecule has 0 fully saturated rings. The predicted molar refractivity (Wildman–Crippen MR) is 37.4 cm³/mol. The smallest absolute Gasteiger partial charge is 0.164 e. The normalized spacial score (nSPS) is 25.6. The highest BCUT2D eigenvalue weighted by molar-refractivity contribution is 5.93. The first-order valence-electron chi connectivity index (χ1n) is 2.86. The van der Waals surface area contributed by atoms with Gasteiger partial charge in [0.05, 0.1) is 0 Å². The van der Waals surface area contributed by atoms with E-state index in [0.717, 1.165) is 5.71 Å². The van der Waals surface area contributed by atoms with Crippen molar-refractivity contribution in [3.8, 4) is 0 Å². The van der Waals surface area contributed by atoms with Crippen LogP contribution in [-0.4, -0.2) is 17.0 Å². The maximum atomic E-state index is 8.95. The number of allylic oxidation sites excluding steroid dienone is 3. The lowest BCUT2D eigenvalue weighted by molar-refractivity contribution is 0.234. The molecule has 9 heavy (non-hydrogen) atoms. The molecule has 0 radical (unpaired) electrons. The quantitative estimate of drug-likeness (QED) is 0.509. The van der Waals surface area contributed by atoms with Crippen LogP contribution in [-0.2, 0) is 0 Å². The molecule has 0 saturated heterocycles. The minimum atomic E-state index is -0.653. The molecule has 0 aromatic heterocycles. The molecule has 1 atom stereocenters. The summed E-state index contributed by atoms with van der Waals surface area (Å²) in [6, 6.07) is 0. The zero-order chi connectivity index (χ0) is 6.69. The molecule has 2 heteroatoms. The van der Waals surface area contributed by atoms with Crippen LogP contribution in [0.25, 0.3) is 0 Å². The molecule has 2 nitrogen and oxygen atoms in total. The highest BCUT2D eigenvalue weighted by atomic mass is 16.3. The molecule has 0 aliphatic carbocycles. The first-order chi connectivity index (χ1) is 4.29. The standard InChI is InChI=1S/C7H9NO/c1-6-4-2-3-5-7(9)8-6/h2-5,7,9H,1H3. The Morgan fingerprint density at radius 3 is 3.11 bits per heavy atom. The molecule has 48 valence electrons. The van der Waals surface area contributed by atoms with Crippen molar-refractivity contribution in [2.75, 3.05) is 0 Å². The summed E-state index contributed by atoms with van der Waals surface area (Å²) < 4.78 is 0. The first-order valence-corrected chi connectivity index (χ1v) is 2.86. The van der Waals surface area contributed by atoms with Crippen molar-refractivity contribution in [2.24, 2.45) is 4.99 Å². The van der Waals surface area contributed by atoms with Gasteiger partial charge in [-0.3, -0.25) is 4.99 Å². The summed E-state index contributed by atoms with van der Waals surface area (Å²) in [4.78, 5) is 3.88. The van der Waals surface area contributed by atoms with Gasteiger partial charge in [-0.1, -0.05) is 12.2 Å². The zero-order valence-corrected chi connectivity index (χ0v) is 5.28. The molecule has 1 N–H and O–H groups in total. The fourth-order valence-electron chi connectivity index (χ4n) is 0.653. The third kappa shape index (κ3) is 1.82. The second-order valence-corrected chi connectivity index (χ2v) is 1.93. The van der Waals surface area contributed by atoms with Gasteiger partial charge in [-0.25, -0.2) is 0 Å². The van der Waals surface area contributed by atoms with E-state index in [2.05, 4.69) is 4.99 Å². The van der Waals surface area contributed by atoms with Gasteiger partial charge in [0.15, 0.2) is 6.23 Å². The molecule has 1 unspecified atom stereocenters. The van der Waals surface area contributed by atoms with Crippen LogP contribution in [0.15, 0.2) is 29.3 Å². The summed E-state index contributed by atoms with van der Waals surface area (Å²) in [6.45, 7) is 1.85. The summed E-state index contributed by atoms with van der Waals surface area (Å²) in [7, 11) is 0.